The highest BCUT2D eigenvalue weighted by atomic mass is 16.1. The van der Waals surface area contributed by atoms with Gasteiger partial charge in [-0.1, -0.05) is 38.5 Å². The van der Waals surface area contributed by atoms with Crippen molar-refractivity contribution in [1.29, 1.82) is 0 Å². The van der Waals surface area contributed by atoms with E-state index in [1.807, 2.05) is 18.2 Å². The molecule has 2 heteroatoms. The first-order valence-electron chi connectivity index (χ1n) is 6.29. The topological polar surface area (TPSA) is 29.4 Å². The molecule has 0 aromatic heterocycles. The summed E-state index contributed by atoms with van der Waals surface area (Å²) >= 11 is 0. The number of hydrogen-bond donors (Lipinski definition) is 0. The Labute approximate surface area is 103 Å². The predicted molar refractivity (Wildman–Crippen MR) is 69.2 cm³/mol. The number of benzene rings is 1. The fourth-order valence-corrected chi connectivity index (χ4v) is 2.95. The SMILES string of the molecule is CC1(C)CCCC(c2ccccc2N=C=O)C1. The lowest BCUT2D eigenvalue weighted by Gasteiger charge is -2.35. The van der Waals surface area contributed by atoms with Gasteiger partial charge in [-0.2, -0.15) is 4.99 Å². The Hall–Kier alpha value is -1.40. The summed E-state index contributed by atoms with van der Waals surface area (Å²) in [5, 5.41) is 0. The zero-order chi connectivity index (χ0) is 12.3. The maximum atomic E-state index is 10.4. The molecule has 1 aromatic rings. The fourth-order valence-electron chi connectivity index (χ4n) is 2.95. The molecule has 17 heavy (non-hydrogen) atoms. The van der Waals surface area contributed by atoms with E-state index < -0.39 is 0 Å². The van der Waals surface area contributed by atoms with Crippen molar-refractivity contribution in [3.8, 4) is 0 Å². The standard InChI is InChI=1S/C15H19NO/c1-15(2)9-5-6-12(10-15)13-7-3-4-8-14(13)16-11-17/h3-4,7-8,12H,5-6,9-10H2,1-2H3. The number of carbonyl (C=O) groups excluding carboxylic acids is 1. The van der Waals surface area contributed by atoms with Crippen LogP contribution in [0, 0.1) is 5.41 Å². The Balaban J connectivity index is 2.30. The van der Waals surface area contributed by atoms with Crippen LogP contribution in [0.4, 0.5) is 5.69 Å². The second-order valence-corrected chi connectivity index (χ2v) is 5.72. The van der Waals surface area contributed by atoms with Crippen LogP contribution in [0.15, 0.2) is 29.3 Å². The molecule has 0 bridgehead atoms. The summed E-state index contributed by atoms with van der Waals surface area (Å²) in [6, 6.07) is 7.96. The molecule has 2 nitrogen and oxygen atoms in total. The molecule has 1 aliphatic carbocycles. The number of nitrogens with zero attached hydrogens (tertiary/aromatic N) is 1. The van der Waals surface area contributed by atoms with Gasteiger partial charge in [0.1, 0.15) is 0 Å². The van der Waals surface area contributed by atoms with Gasteiger partial charge in [-0.15, -0.1) is 0 Å². The van der Waals surface area contributed by atoms with Crippen LogP contribution in [-0.2, 0) is 4.79 Å². The largest absolute Gasteiger partial charge is 0.240 e. The van der Waals surface area contributed by atoms with Crippen LogP contribution in [0.3, 0.4) is 0 Å². The smallest absolute Gasteiger partial charge is 0.211 e. The second-order valence-electron chi connectivity index (χ2n) is 5.72. The third-order valence-electron chi connectivity index (χ3n) is 3.75. The quantitative estimate of drug-likeness (QED) is 0.548. The van der Waals surface area contributed by atoms with E-state index in [9.17, 15) is 4.79 Å². The summed E-state index contributed by atoms with van der Waals surface area (Å²) in [5.41, 5.74) is 2.41. The first kappa shape index (κ1) is 12.1. The molecule has 1 unspecified atom stereocenters. The highest BCUT2D eigenvalue weighted by Gasteiger charge is 2.29. The predicted octanol–water partition coefficient (Wildman–Crippen LogP) is 4.34. The Morgan fingerprint density at radius 3 is 2.82 bits per heavy atom. The van der Waals surface area contributed by atoms with E-state index in [0.717, 1.165) is 5.69 Å². The van der Waals surface area contributed by atoms with Crippen molar-refractivity contribution in [2.24, 2.45) is 10.4 Å². The molecule has 0 aliphatic heterocycles. The summed E-state index contributed by atoms with van der Waals surface area (Å²) in [6.07, 6.45) is 6.60. The van der Waals surface area contributed by atoms with Gasteiger partial charge in [-0.05, 0) is 42.2 Å². The lowest BCUT2D eigenvalue weighted by molar-refractivity contribution is 0.220. The monoisotopic (exact) mass is 229 g/mol. The van der Waals surface area contributed by atoms with E-state index >= 15 is 0 Å². The van der Waals surface area contributed by atoms with Crippen LogP contribution < -0.4 is 0 Å². The second kappa shape index (κ2) is 4.85. The molecule has 1 atom stereocenters. The van der Waals surface area contributed by atoms with Crippen molar-refractivity contribution in [2.45, 2.75) is 45.4 Å². The van der Waals surface area contributed by atoms with Gasteiger partial charge in [-0.3, -0.25) is 0 Å². The van der Waals surface area contributed by atoms with Crippen LogP contribution in [0.1, 0.15) is 51.0 Å². The molecule has 1 aliphatic rings. The molecule has 2 rings (SSSR count). The third kappa shape index (κ3) is 2.83. The summed E-state index contributed by atoms with van der Waals surface area (Å²) in [4.78, 5) is 14.3. The zero-order valence-corrected chi connectivity index (χ0v) is 10.6. The number of rotatable bonds is 2. The molecule has 1 saturated carbocycles. The Kier molecular flexibility index (Phi) is 3.44. The molecular weight excluding hydrogens is 210 g/mol. The number of hydrogen-bond acceptors (Lipinski definition) is 2. The number of para-hydroxylation sites is 1. The van der Waals surface area contributed by atoms with E-state index in [-0.39, 0.29) is 0 Å². The van der Waals surface area contributed by atoms with E-state index in [4.69, 9.17) is 0 Å². The van der Waals surface area contributed by atoms with Crippen molar-refractivity contribution < 1.29 is 4.79 Å². The molecule has 90 valence electrons. The zero-order valence-electron chi connectivity index (χ0n) is 10.6. The van der Waals surface area contributed by atoms with Crippen LogP contribution in [0.5, 0.6) is 0 Å². The molecule has 0 saturated heterocycles. The molecule has 1 fully saturated rings. The molecular formula is C15H19NO. The fraction of sp³-hybridized carbons (Fsp3) is 0.533. The van der Waals surface area contributed by atoms with Crippen molar-refractivity contribution in [3.05, 3.63) is 29.8 Å². The van der Waals surface area contributed by atoms with Gasteiger partial charge in [0.25, 0.3) is 0 Å². The van der Waals surface area contributed by atoms with Crippen molar-refractivity contribution in [3.63, 3.8) is 0 Å². The average molecular weight is 229 g/mol. The van der Waals surface area contributed by atoms with E-state index in [0.29, 0.717) is 11.3 Å². The minimum Gasteiger partial charge on any atom is -0.211 e. The van der Waals surface area contributed by atoms with E-state index in [1.165, 1.54) is 31.2 Å². The Morgan fingerprint density at radius 1 is 1.35 bits per heavy atom. The molecule has 1 aromatic carbocycles. The maximum absolute atomic E-state index is 10.4. The molecule has 0 amide bonds. The van der Waals surface area contributed by atoms with E-state index in [2.05, 4.69) is 24.9 Å². The highest BCUT2D eigenvalue weighted by molar-refractivity contribution is 5.54. The van der Waals surface area contributed by atoms with Crippen LogP contribution in [0.25, 0.3) is 0 Å². The molecule has 0 heterocycles. The van der Waals surface area contributed by atoms with Crippen LogP contribution in [-0.4, -0.2) is 6.08 Å². The van der Waals surface area contributed by atoms with Gasteiger partial charge in [0.05, 0.1) is 5.69 Å². The lowest BCUT2D eigenvalue weighted by atomic mass is 9.70. The van der Waals surface area contributed by atoms with Crippen molar-refractivity contribution in [2.75, 3.05) is 0 Å². The number of aliphatic imine (C=N–C) groups is 1. The van der Waals surface area contributed by atoms with Crippen LogP contribution >= 0.6 is 0 Å². The summed E-state index contributed by atoms with van der Waals surface area (Å²) in [5.74, 6) is 0.534. The number of isocyanates is 1. The first-order valence-corrected chi connectivity index (χ1v) is 6.29. The van der Waals surface area contributed by atoms with Crippen molar-refractivity contribution >= 4 is 11.8 Å². The minimum atomic E-state index is 0.404. The first-order chi connectivity index (χ1) is 8.12. The Morgan fingerprint density at radius 2 is 2.12 bits per heavy atom. The van der Waals surface area contributed by atoms with Gasteiger partial charge in [0.2, 0.25) is 6.08 Å². The maximum Gasteiger partial charge on any atom is 0.240 e. The summed E-state index contributed by atoms with van der Waals surface area (Å²) < 4.78 is 0. The lowest BCUT2D eigenvalue weighted by Crippen LogP contribution is -2.21. The van der Waals surface area contributed by atoms with Gasteiger partial charge >= 0.3 is 0 Å². The van der Waals surface area contributed by atoms with Gasteiger partial charge in [0, 0.05) is 0 Å². The van der Waals surface area contributed by atoms with Crippen molar-refractivity contribution in [1.82, 2.24) is 0 Å². The third-order valence-corrected chi connectivity index (χ3v) is 3.75. The molecule has 0 N–H and O–H groups in total. The van der Waals surface area contributed by atoms with Gasteiger partial charge in [0.15, 0.2) is 0 Å². The van der Waals surface area contributed by atoms with E-state index in [1.54, 1.807) is 6.08 Å². The Bertz CT molecular complexity index is 444. The van der Waals surface area contributed by atoms with Crippen LogP contribution in [0.2, 0.25) is 0 Å². The molecule has 0 spiro atoms. The summed E-state index contributed by atoms with van der Waals surface area (Å²) in [7, 11) is 0. The van der Waals surface area contributed by atoms with Gasteiger partial charge in [-0.25, -0.2) is 4.79 Å². The molecule has 0 radical (unpaired) electrons. The average Bonchev–Trinajstić information content (AvgIpc) is 2.29. The van der Waals surface area contributed by atoms with Gasteiger partial charge < -0.3 is 0 Å². The highest BCUT2D eigenvalue weighted by Crippen LogP contribution is 2.45. The summed E-state index contributed by atoms with van der Waals surface area (Å²) in [6.45, 7) is 4.65. The normalized spacial score (nSPS) is 22.8. The minimum absolute atomic E-state index is 0.404.